The highest BCUT2D eigenvalue weighted by Crippen LogP contribution is 2.17. The molecule has 0 aromatic heterocycles. The first-order chi connectivity index (χ1) is 5.61. The number of benzene rings is 1. The van der Waals surface area contributed by atoms with Crippen LogP contribution in [0.4, 0.5) is 0 Å². The molecule has 0 bridgehead atoms. The topological polar surface area (TPSA) is 57.5 Å². The Morgan fingerprint density at radius 1 is 1.50 bits per heavy atom. The van der Waals surface area contributed by atoms with E-state index < -0.39 is 12.1 Å². The van der Waals surface area contributed by atoms with Gasteiger partial charge in [0.05, 0.1) is 0 Å². The van der Waals surface area contributed by atoms with Crippen molar-refractivity contribution >= 4 is 17.6 Å². The summed E-state index contributed by atoms with van der Waals surface area (Å²) in [5.41, 5.74) is 0.287. The number of rotatable bonds is 2. The standard InChI is InChI=1S/C8H7ClO3/c9-6-3-1-2-5(4-6)7(10)8(11)12/h1-4,7,10H,(H,11,12). The van der Waals surface area contributed by atoms with Crippen molar-refractivity contribution in [3.05, 3.63) is 34.9 Å². The van der Waals surface area contributed by atoms with E-state index in [4.69, 9.17) is 21.8 Å². The van der Waals surface area contributed by atoms with Gasteiger partial charge in [0, 0.05) is 5.02 Å². The Balaban J connectivity index is 2.95. The Kier molecular flexibility index (Phi) is 2.68. The van der Waals surface area contributed by atoms with Crippen molar-refractivity contribution in [1.29, 1.82) is 0 Å². The predicted octanol–water partition coefficient (Wildman–Crippen LogP) is 1.46. The first kappa shape index (κ1) is 9.03. The van der Waals surface area contributed by atoms with Gasteiger partial charge in [-0.15, -0.1) is 0 Å². The van der Waals surface area contributed by atoms with Crippen LogP contribution in [0.25, 0.3) is 0 Å². The van der Waals surface area contributed by atoms with Gasteiger partial charge >= 0.3 is 5.97 Å². The van der Waals surface area contributed by atoms with Crippen LogP contribution in [0.2, 0.25) is 5.02 Å². The smallest absolute Gasteiger partial charge is 0.337 e. The molecule has 1 unspecified atom stereocenters. The van der Waals surface area contributed by atoms with Crippen LogP contribution < -0.4 is 0 Å². The van der Waals surface area contributed by atoms with Crippen LogP contribution in [0.3, 0.4) is 0 Å². The number of halogens is 1. The van der Waals surface area contributed by atoms with Crippen molar-refractivity contribution in [2.24, 2.45) is 0 Å². The molecule has 64 valence electrons. The average Bonchev–Trinajstić information content (AvgIpc) is 2.03. The Morgan fingerprint density at radius 2 is 2.17 bits per heavy atom. The van der Waals surface area contributed by atoms with Crippen molar-refractivity contribution in [2.75, 3.05) is 0 Å². The molecule has 4 heteroatoms. The molecule has 0 aliphatic rings. The maximum absolute atomic E-state index is 10.3. The molecule has 1 atom stereocenters. The molecule has 0 saturated carbocycles. The molecule has 0 aliphatic heterocycles. The summed E-state index contributed by atoms with van der Waals surface area (Å²) >= 11 is 5.59. The highest BCUT2D eigenvalue weighted by atomic mass is 35.5. The van der Waals surface area contributed by atoms with Crippen LogP contribution in [0, 0.1) is 0 Å². The van der Waals surface area contributed by atoms with Gasteiger partial charge < -0.3 is 10.2 Å². The van der Waals surface area contributed by atoms with Crippen molar-refractivity contribution in [1.82, 2.24) is 0 Å². The quantitative estimate of drug-likeness (QED) is 0.735. The molecule has 3 nitrogen and oxygen atoms in total. The highest BCUT2D eigenvalue weighted by molar-refractivity contribution is 6.30. The van der Waals surface area contributed by atoms with Crippen LogP contribution in [0.1, 0.15) is 11.7 Å². The summed E-state index contributed by atoms with van der Waals surface area (Å²) in [7, 11) is 0. The minimum atomic E-state index is -1.50. The number of carbonyl (C=O) groups is 1. The zero-order valence-corrected chi connectivity index (χ0v) is 6.82. The number of hydrogen-bond acceptors (Lipinski definition) is 2. The number of carboxylic acids is 1. The fourth-order valence-corrected chi connectivity index (χ4v) is 1.02. The largest absolute Gasteiger partial charge is 0.479 e. The monoisotopic (exact) mass is 186 g/mol. The van der Waals surface area contributed by atoms with Crippen LogP contribution in [0.5, 0.6) is 0 Å². The van der Waals surface area contributed by atoms with Crippen molar-refractivity contribution in [3.63, 3.8) is 0 Å². The van der Waals surface area contributed by atoms with Crippen molar-refractivity contribution < 1.29 is 15.0 Å². The summed E-state index contributed by atoms with van der Waals surface area (Å²) in [6, 6.07) is 6.12. The second-order valence-corrected chi connectivity index (χ2v) is 2.73. The molecule has 12 heavy (non-hydrogen) atoms. The van der Waals surface area contributed by atoms with E-state index in [2.05, 4.69) is 0 Å². The zero-order valence-electron chi connectivity index (χ0n) is 6.07. The lowest BCUT2D eigenvalue weighted by atomic mass is 10.1. The van der Waals surface area contributed by atoms with E-state index in [9.17, 15) is 4.79 Å². The molecule has 0 amide bonds. The summed E-state index contributed by atoms with van der Waals surface area (Å²) in [4.78, 5) is 10.3. The lowest BCUT2D eigenvalue weighted by molar-refractivity contribution is -0.146. The van der Waals surface area contributed by atoms with Crippen molar-refractivity contribution in [3.8, 4) is 0 Å². The lowest BCUT2D eigenvalue weighted by Crippen LogP contribution is -2.09. The van der Waals surface area contributed by atoms with E-state index in [1.165, 1.54) is 12.1 Å². The summed E-state index contributed by atoms with van der Waals surface area (Å²) < 4.78 is 0. The number of aliphatic carboxylic acids is 1. The van der Waals surface area contributed by atoms with E-state index in [-0.39, 0.29) is 5.56 Å². The maximum Gasteiger partial charge on any atom is 0.337 e. The third kappa shape index (κ3) is 1.96. The Hall–Kier alpha value is -1.06. The minimum Gasteiger partial charge on any atom is -0.479 e. The second kappa shape index (κ2) is 3.56. The number of aliphatic hydroxyl groups excluding tert-OH is 1. The Bertz CT molecular complexity index is 298. The van der Waals surface area contributed by atoms with Gasteiger partial charge in [-0.2, -0.15) is 0 Å². The van der Waals surface area contributed by atoms with Gasteiger partial charge in [-0.25, -0.2) is 4.79 Å². The Labute approximate surface area is 74.2 Å². The predicted molar refractivity (Wildman–Crippen MR) is 44.0 cm³/mol. The molecule has 2 N–H and O–H groups in total. The molecule has 0 heterocycles. The molecular weight excluding hydrogens is 180 g/mol. The van der Waals surface area contributed by atoms with E-state index in [0.29, 0.717) is 5.02 Å². The molecule has 0 spiro atoms. The first-order valence-corrected chi connectivity index (χ1v) is 3.65. The number of carboxylic acid groups (broad SMARTS) is 1. The summed E-state index contributed by atoms with van der Waals surface area (Å²) in [6.07, 6.45) is -1.50. The third-order valence-electron chi connectivity index (χ3n) is 1.40. The highest BCUT2D eigenvalue weighted by Gasteiger charge is 2.15. The summed E-state index contributed by atoms with van der Waals surface area (Å²) in [5.74, 6) is -1.28. The molecule has 0 fully saturated rings. The molecular formula is C8H7ClO3. The van der Waals surface area contributed by atoms with Gasteiger partial charge in [0.15, 0.2) is 6.10 Å². The third-order valence-corrected chi connectivity index (χ3v) is 1.63. The SMILES string of the molecule is O=C(O)C(O)c1cccc(Cl)c1. The van der Waals surface area contributed by atoms with Crippen molar-refractivity contribution in [2.45, 2.75) is 6.10 Å². The van der Waals surface area contributed by atoms with E-state index in [1.807, 2.05) is 0 Å². The van der Waals surface area contributed by atoms with Gasteiger partial charge in [0.1, 0.15) is 0 Å². The fraction of sp³-hybridized carbons (Fsp3) is 0.125. The number of hydrogen-bond donors (Lipinski definition) is 2. The molecule has 0 aliphatic carbocycles. The van der Waals surface area contributed by atoms with Gasteiger partial charge in [-0.1, -0.05) is 23.7 Å². The minimum absolute atomic E-state index is 0.287. The summed E-state index contributed by atoms with van der Waals surface area (Å²) in [5, 5.41) is 17.9. The van der Waals surface area contributed by atoms with Gasteiger partial charge in [-0.3, -0.25) is 0 Å². The normalized spacial score (nSPS) is 12.5. The first-order valence-electron chi connectivity index (χ1n) is 3.27. The fourth-order valence-electron chi connectivity index (χ4n) is 0.819. The molecule has 1 rings (SSSR count). The second-order valence-electron chi connectivity index (χ2n) is 2.30. The molecule has 0 saturated heterocycles. The van der Waals surface area contributed by atoms with E-state index in [0.717, 1.165) is 0 Å². The molecule has 0 radical (unpaired) electrons. The molecule has 1 aromatic carbocycles. The van der Waals surface area contributed by atoms with E-state index >= 15 is 0 Å². The van der Waals surface area contributed by atoms with Crippen LogP contribution in [0.15, 0.2) is 24.3 Å². The Morgan fingerprint density at radius 3 is 2.67 bits per heavy atom. The van der Waals surface area contributed by atoms with Crippen LogP contribution in [-0.4, -0.2) is 16.2 Å². The maximum atomic E-state index is 10.3. The zero-order chi connectivity index (χ0) is 9.14. The van der Waals surface area contributed by atoms with E-state index in [1.54, 1.807) is 12.1 Å². The molecule has 1 aromatic rings. The van der Waals surface area contributed by atoms with Crippen LogP contribution >= 0.6 is 11.6 Å². The average molecular weight is 187 g/mol. The van der Waals surface area contributed by atoms with Crippen LogP contribution in [-0.2, 0) is 4.79 Å². The summed E-state index contributed by atoms with van der Waals surface area (Å²) in [6.45, 7) is 0. The van der Waals surface area contributed by atoms with Gasteiger partial charge in [0.25, 0.3) is 0 Å². The lowest BCUT2D eigenvalue weighted by Gasteiger charge is -2.04. The number of aliphatic hydroxyl groups is 1. The van der Waals surface area contributed by atoms with Gasteiger partial charge in [0.2, 0.25) is 0 Å². The van der Waals surface area contributed by atoms with Gasteiger partial charge in [-0.05, 0) is 17.7 Å².